The molecule has 1 unspecified atom stereocenters. The third-order valence-corrected chi connectivity index (χ3v) is 2.91. The van der Waals surface area contributed by atoms with E-state index in [0.29, 0.717) is 5.88 Å². The van der Waals surface area contributed by atoms with E-state index in [-0.39, 0.29) is 18.9 Å². The van der Waals surface area contributed by atoms with E-state index < -0.39 is 11.8 Å². The molecule has 6 nitrogen and oxygen atoms in total. The summed E-state index contributed by atoms with van der Waals surface area (Å²) >= 11 is 0. The van der Waals surface area contributed by atoms with Crippen LogP contribution in [0.15, 0.2) is 4.52 Å². The zero-order chi connectivity index (χ0) is 11.9. The molecular formula is C10H13N3O3. The van der Waals surface area contributed by atoms with E-state index in [0.717, 1.165) is 11.3 Å². The van der Waals surface area contributed by atoms with Gasteiger partial charge in [0.1, 0.15) is 0 Å². The second-order valence-corrected chi connectivity index (χ2v) is 4.01. The summed E-state index contributed by atoms with van der Waals surface area (Å²) in [4.78, 5) is 24.1. The topological polar surface area (TPSA) is 89.4 Å². The smallest absolute Gasteiger partial charge is 0.237 e. The van der Waals surface area contributed by atoms with Gasteiger partial charge in [0.15, 0.2) is 0 Å². The Hall–Kier alpha value is -1.85. The summed E-state index contributed by atoms with van der Waals surface area (Å²) in [7, 11) is 0. The average molecular weight is 223 g/mol. The van der Waals surface area contributed by atoms with E-state index in [2.05, 4.69) is 5.16 Å². The lowest BCUT2D eigenvalue weighted by Crippen LogP contribution is -2.28. The van der Waals surface area contributed by atoms with Crippen LogP contribution in [0.2, 0.25) is 0 Å². The normalized spacial score (nSPS) is 20.5. The van der Waals surface area contributed by atoms with Gasteiger partial charge in [0, 0.05) is 18.5 Å². The van der Waals surface area contributed by atoms with Gasteiger partial charge in [-0.3, -0.25) is 14.5 Å². The fourth-order valence-corrected chi connectivity index (χ4v) is 1.75. The van der Waals surface area contributed by atoms with Gasteiger partial charge in [-0.15, -0.1) is 0 Å². The Labute approximate surface area is 92.4 Å². The summed E-state index contributed by atoms with van der Waals surface area (Å²) in [5.41, 5.74) is 6.74. The molecule has 0 aliphatic carbocycles. The van der Waals surface area contributed by atoms with Crippen LogP contribution in [-0.4, -0.2) is 23.5 Å². The highest BCUT2D eigenvalue weighted by Crippen LogP contribution is 2.28. The van der Waals surface area contributed by atoms with Crippen LogP contribution in [0.25, 0.3) is 0 Å². The molecule has 86 valence electrons. The summed E-state index contributed by atoms with van der Waals surface area (Å²) in [6, 6.07) is 0. The molecular weight excluding hydrogens is 210 g/mol. The molecule has 0 saturated carbocycles. The second kappa shape index (κ2) is 3.62. The fourth-order valence-electron chi connectivity index (χ4n) is 1.75. The molecule has 1 aliphatic rings. The predicted octanol–water partition coefficient (Wildman–Crippen LogP) is 0.130. The minimum Gasteiger partial charge on any atom is -0.369 e. The first-order valence-electron chi connectivity index (χ1n) is 5.03. The number of carbonyl (C=O) groups is 2. The van der Waals surface area contributed by atoms with Crippen LogP contribution in [-0.2, 0) is 9.59 Å². The number of hydrogen-bond donors (Lipinski definition) is 1. The lowest BCUT2D eigenvalue weighted by atomic mass is 10.1. The number of nitrogens with zero attached hydrogens (tertiary/aromatic N) is 2. The number of rotatable bonds is 2. The molecule has 1 atom stereocenters. The van der Waals surface area contributed by atoms with Gasteiger partial charge in [-0.2, -0.15) is 0 Å². The number of hydrogen-bond acceptors (Lipinski definition) is 4. The van der Waals surface area contributed by atoms with Crippen molar-refractivity contribution in [3.05, 3.63) is 11.3 Å². The zero-order valence-electron chi connectivity index (χ0n) is 9.19. The highest BCUT2D eigenvalue weighted by Gasteiger charge is 2.36. The van der Waals surface area contributed by atoms with Crippen LogP contribution >= 0.6 is 0 Å². The number of carbonyl (C=O) groups excluding carboxylic acids is 2. The standard InChI is InChI=1S/C10H13N3O3/c1-5-6(2)12-16-10(5)13-4-7(9(11)15)3-8(13)14/h7H,3-4H2,1-2H3,(H2,11,15). The molecule has 2 rings (SSSR count). The Morgan fingerprint density at radius 1 is 1.56 bits per heavy atom. The van der Waals surface area contributed by atoms with Gasteiger partial charge in [-0.1, -0.05) is 5.16 Å². The monoisotopic (exact) mass is 223 g/mol. The number of anilines is 1. The molecule has 0 spiro atoms. The molecule has 16 heavy (non-hydrogen) atoms. The van der Waals surface area contributed by atoms with Crippen LogP contribution in [0, 0.1) is 19.8 Å². The van der Waals surface area contributed by atoms with E-state index in [4.69, 9.17) is 10.3 Å². The molecule has 2 amide bonds. The van der Waals surface area contributed by atoms with Crippen molar-refractivity contribution in [3.8, 4) is 0 Å². The third-order valence-electron chi connectivity index (χ3n) is 2.91. The minimum absolute atomic E-state index is 0.147. The molecule has 0 aromatic carbocycles. The van der Waals surface area contributed by atoms with Gasteiger partial charge < -0.3 is 10.3 Å². The first-order chi connectivity index (χ1) is 7.50. The molecule has 1 aromatic heterocycles. The molecule has 1 fully saturated rings. The van der Waals surface area contributed by atoms with E-state index >= 15 is 0 Å². The van der Waals surface area contributed by atoms with Gasteiger partial charge in [0.05, 0.1) is 11.6 Å². The van der Waals surface area contributed by atoms with Crippen LogP contribution in [0.3, 0.4) is 0 Å². The second-order valence-electron chi connectivity index (χ2n) is 4.01. The molecule has 0 bridgehead atoms. The highest BCUT2D eigenvalue weighted by molar-refractivity contribution is 5.99. The van der Waals surface area contributed by atoms with Gasteiger partial charge >= 0.3 is 0 Å². The highest BCUT2D eigenvalue weighted by atomic mass is 16.5. The van der Waals surface area contributed by atoms with E-state index in [1.165, 1.54) is 4.90 Å². The maximum Gasteiger partial charge on any atom is 0.237 e. The van der Waals surface area contributed by atoms with E-state index in [1.807, 2.05) is 6.92 Å². The predicted molar refractivity (Wildman–Crippen MR) is 55.6 cm³/mol. The van der Waals surface area contributed by atoms with Crippen molar-refractivity contribution in [1.29, 1.82) is 0 Å². The average Bonchev–Trinajstić information content (AvgIpc) is 2.73. The lowest BCUT2D eigenvalue weighted by Gasteiger charge is -2.12. The minimum atomic E-state index is -0.454. The fraction of sp³-hybridized carbons (Fsp3) is 0.500. The van der Waals surface area contributed by atoms with Crippen LogP contribution in [0.4, 0.5) is 5.88 Å². The lowest BCUT2D eigenvalue weighted by molar-refractivity contribution is -0.123. The molecule has 6 heteroatoms. The summed E-state index contributed by atoms with van der Waals surface area (Å²) in [5, 5.41) is 3.78. The van der Waals surface area contributed by atoms with Crippen molar-refractivity contribution in [3.63, 3.8) is 0 Å². The molecule has 2 N–H and O–H groups in total. The maximum atomic E-state index is 11.7. The largest absolute Gasteiger partial charge is 0.369 e. The summed E-state index contributed by atoms with van der Waals surface area (Å²) in [5.74, 6) is -0.614. The summed E-state index contributed by atoms with van der Waals surface area (Å²) < 4.78 is 5.08. The number of primary amides is 1. The number of aromatic nitrogens is 1. The van der Waals surface area contributed by atoms with Crippen LogP contribution < -0.4 is 10.6 Å². The zero-order valence-corrected chi connectivity index (χ0v) is 9.19. The Kier molecular flexibility index (Phi) is 2.41. The van der Waals surface area contributed by atoms with Gasteiger partial charge in [0.2, 0.25) is 17.7 Å². The van der Waals surface area contributed by atoms with Crippen molar-refractivity contribution < 1.29 is 14.1 Å². The first kappa shape index (κ1) is 10.7. The van der Waals surface area contributed by atoms with Crippen molar-refractivity contribution in [2.75, 3.05) is 11.4 Å². The van der Waals surface area contributed by atoms with Crippen LogP contribution in [0.1, 0.15) is 17.7 Å². The first-order valence-corrected chi connectivity index (χ1v) is 5.03. The van der Waals surface area contributed by atoms with Crippen LogP contribution in [0.5, 0.6) is 0 Å². The van der Waals surface area contributed by atoms with Gasteiger partial charge in [-0.25, -0.2) is 0 Å². The molecule has 1 aromatic rings. The van der Waals surface area contributed by atoms with Gasteiger partial charge in [-0.05, 0) is 13.8 Å². The van der Waals surface area contributed by atoms with Crippen molar-refractivity contribution >= 4 is 17.7 Å². The number of amides is 2. The Morgan fingerprint density at radius 3 is 2.69 bits per heavy atom. The Bertz CT molecular complexity index is 452. The van der Waals surface area contributed by atoms with E-state index in [9.17, 15) is 9.59 Å². The number of aryl methyl sites for hydroxylation is 1. The van der Waals surface area contributed by atoms with Gasteiger partial charge in [0.25, 0.3) is 0 Å². The Balaban J connectivity index is 2.26. The summed E-state index contributed by atoms with van der Waals surface area (Å²) in [6.45, 7) is 3.91. The van der Waals surface area contributed by atoms with Crippen molar-refractivity contribution in [2.45, 2.75) is 20.3 Å². The maximum absolute atomic E-state index is 11.7. The molecule has 0 radical (unpaired) electrons. The molecule has 1 saturated heterocycles. The molecule has 1 aliphatic heterocycles. The third kappa shape index (κ3) is 1.56. The quantitative estimate of drug-likeness (QED) is 0.771. The van der Waals surface area contributed by atoms with E-state index in [1.54, 1.807) is 6.92 Å². The Morgan fingerprint density at radius 2 is 2.25 bits per heavy atom. The molecule has 2 heterocycles. The van der Waals surface area contributed by atoms with Crippen molar-refractivity contribution in [2.24, 2.45) is 11.7 Å². The number of nitrogens with two attached hydrogens (primary N) is 1. The van der Waals surface area contributed by atoms with Crippen molar-refractivity contribution in [1.82, 2.24) is 5.16 Å². The SMILES string of the molecule is Cc1noc(N2CC(C(N)=O)CC2=O)c1C. The summed E-state index contributed by atoms with van der Waals surface area (Å²) in [6.07, 6.45) is 0.147.